The molecule has 0 heteroatoms. The van der Waals surface area contributed by atoms with Gasteiger partial charge < -0.3 is 0 Å². The van der Waals surface area contributed by atoms with Gasteiger partial charge in [-0.3, -0.25) is 0 Å². The molecule has 0 fully saturated rings. The first kappa shape index (κ1) is 33.3. The van der Waals surface area contributed by atoms with E-state index in [2.05, 4.69) is 166 Å². The van der Waals surface area contributed by atoms with Crippen LogP contribution < -0.4 is 0 Å². The molecular formula is C40H56. The Bertz CT molecular complexity index is 1090. The predicted octanol–water partition coefficient (Wildman–Crippen LogP) is 12.3. The molecule has 2 rings (SSSR count). The molecule has 0 aromatic rings. The fraction of sp³-hybridized carbons (Fsp3) is 0.450. The second kappa shape index (κ2) is 15.8. The van der Waals surface area contributed by atoms with Crippen molar-refractivity contribution in [3.8, 4) is 0 Å². The van der Waals surface area contributed by atoms with E-state index >= 15 is 0 Å². The van der Waals surface area contributed by atoms with E-state index in [0.717, 1.165) is 0 Å². The van der Waals surface area contributed by atoms with Gasteiger partial charge in [0.15, 0.2) is 0 Å². The summed E-state index contributed by atoms with van der Waals surface area (Å²) < 4.78 is 0. The third-order valence-corrected chi connectivity index (χ3v) is 8.54. The van der Waals surface area contributed by atoms with Crippen LogP contribution in [0.5, 0.6) is 0 Å². The largest absolute Gasteiger partial charge is 0.0850 e. The van der Waals surface area contributed by atoms with Gasteiger partial charge in [-0.15, -0.1) is 0 Å². The van der Waals surface area contributed by atoms with Crippen molar-refractivity contribution < 1.29 is 0 Å². The normalized spacial score (nSPS) is 25.1. The van der Waals surface area contributed by atoms with Gasteiger partial charge in [-0.25, -0.2) is 0 Å². The zero-order valence-corrected chi connectivity index (χ0v) is 27.2. The third-order valence-electron chi connectivity index (χ3n) is 8.54. The minimum atomic E-state index is 0.343. The zero-order valence-electron chi connectivity index (χ0n) is 27.2. The summed E-state index contributed by atoms with van der Waals surface area (Å²) in [5, 5.41) is 0. The lowest BCUT2D eigenvalue weighted by Gasteiger charge is -2.36. The molecule has 0 bridgehead atoms. The maximum atomic E-state index is 2.40. The van der Waals surface area contributed by atoms with Crippen molar-refractivity contribution in [3.63, 3.8) is 0 Å². The van der Waals surface area contributed by atoms with Crippen LogP contribution in [0.15, 0.2) is 131 Å². The van der Waals surface area contributed by atoms with Gasteiger partial charge in [-0.2, -0.15) is 0 Å². The number of rotatable bonds is 10. The molecule has 0 saturated carbocycles. The minimum absolute atomic E-state index is 0.343. The summed E-state index contributed by atoms with van der Waals surface area (Å²) in [7, 11) is 0. The molecule has 40 heavy (non-hydrogen) atoms. The average Bonchev–Trinajstić information content (AvgIpc) is 2.85. The topological polar surface area (TPSA) is 0 Å². The highest BCUT2D eigenvalue weighted by Crippen LogP contribution is 2.42. The molecule has 0 amide bonds. The molecule has 0 nitrogen and oxygen atoms in total. The molecule has 216 valence electrons. The Morgan fingerprint density at radius 1 is 0.550 bits per heavy atom. The monoisotopic (exact) mass is 536 g/mol. The zero-order chi connectivity index (χ0) is 29.8. The van der Waals surface area contributed by atoms with Crippen LogP contribution in [0.2, 0.25) is 0 Å². The molecule has 0 aromatic carbocycles. The summed E-state index contributed by atoms with van der Waals surface area (Å²) in [6.45, 7) is 22.7. The molecule has 0 saturated heterocycles. The molecule has 0 aliphatic heterocycles. The number of hydrogen-bond donors (Lipinski definition) is 0. The van der Waals surface area contributed by atoms with E-state index in [4.69, 9.17) is 0 Å². The molecule has 2 aliphatic rings. The predicted molar refractivity (Wildman–Crippen MR) is 181 cm³/mol. The lowest BCUT2D eigenvalue weighted by Crippen LogP contribution is -2.26. The number of hydrogen-bond acceptors (Lipinski definition) is 0. The highest BCUT2D eigenvalue weighted by molar-refractivity contribution is 5.33. The van der Waals surface area contributed by atoms with Gasteiger partial charge in [0.1, 0.15) is 0 Å². The summed E-state index contributed by atoms with van der Waals surface area (Å²) in [4.78, 5) is 0. The van der Waals surface area contributed by atoms with E-state index in [1.54, 1.807) is 0 Å². The first-order valence-corrected chi connectivity index (χ1v) is 15.2. The van der Waals surface area contributed by atoms with E-state index < -0.39 is 0 Å². The van der Waals surface area contributed by atoms with Crippen LogP contribution >= 0.6 is 0 Å². The van der Waals surface area contributed by atoms with Gasteiger partial charge in [-0.05, 0) is 78.1 Å². The van der Waals surface area contributed by atoms with E-state index in [1.807, 2.05) is 0 Å². The van der Waals surface area contributed by atoms with Crippen molar-refractivity contribution in [3.05, 3.63) is 131 Å². The summed E-state index contributed by atoms with van der Waals surface area (Å²) >= 11 is 0. The SMILES string of the molecule is CC(C=CC1C(C)=CCCC1(C)C)=CC=CC(C)=C/C=C/C=C(C)/C=C/C=C(C)/C=C/C1C(C)=CCCC1(C)C. The van der Waals surface area contributed by atoms with Crippen molar-refractivity contribution in [1.29, 1.82) is 0 Å². The molecule has 0 spiro atoms. The van der Waals surface area contributed by atoms with Gasteiger partial charge in [0, 0.05) is 11.8 Å². The molecule has 2 unspecified atom stereocenters. The van der Waals surface area contributed by atoms with E-state index in [9.17, 15) is 0 Å². The quantitative estimate of drug-likeness (QED) is 0.192. The first-order valence-electron chi connectivity index (χ1n) is 15.2. The van der Waals surface area contributed by atoms with Crippen molar-refractivity contribution in [2.24, 2.45) is 22.7 Å². The van der Waals surface area contributed by atoms with E-state index in [-0.39, 0.29) is 0 Å². The highest BCUT2D eigenvalue weighted by atomic mass is 14.4. The van der Waals surface area contributed by atoms with Crippen molar-refractivity contribution in [2.45, 2.75) is 94.9 Å². The molecule has 0 radical (unpaired) electrons. The Labute approximate surface area is 247 Å². The maximum absolute atomic E-state index is 2.40. The minimum Gasteiger partial charge on any atom is -0.0850 e. The van der Waals surface area contributed by atoms with Crippen molar-refractivity contribution in [1.82, 2.24) is 0 Å². The van der Waals surface area contributed by atoms with Crippen LogP contribution in [0.25, 0.3) is 0 Å². The molecule has 2 atom stereocenters. The lowest BCUT2D eigenvalue weighted by atomic mass is 9.68. The molecular weight excluding hydrogens is 480 g/mol. The summed E-state index contributed by atoms with van der Waals surface area (Å²) in [6.07, 6.45) is 40.6. The second-order valence-electron chi connectivity index (χ2n) is 13.4. The Morgan fingerprint density at radius 3 is 1.23 bits per heavy atom. The maximum Gasteiger partial charge on any atom is 0.00285 e. The van der Waals surface area contributed by atoms with E-state index in [0.29, 0.717) is 22.7 Å². The van der Waals surface area contributed by atoms with Crippen LogP contribution in [-0.4, -0.2) is 0 Å². The second-order valence-corrected chi connectivity index (χ2v) is 13.4. The Hall–Kier alpha value is -2.86. The summed E-state index contributed by atoms with van der Waals surface area (Å²) in [6, 6.07) is 0. The van der Waals surface area contributed by atoms with E-state index in [1.165, 1.54) is 59.1 Å². The lowest BCUT2D eigenvalue weighted by molar-refractivity contribution is 0.255. The van der Waals surface area contributed by atoms with Crippen LogP contribution in [-0.2, 0) is 0 Å². The fourth-order valence-corrected chi connectivity index (χ4v) is 5.80. The molecule has 0 heterocycles. The van der Waals surface area contributed by atoms with Gasteiger partial charge in [0.2, 0.25) is 0 Å². The highest BCUT2D eigenvalue weighted by Gasteiger charge is 2.31. The Kier molecular flexibility index (Phi) is 13.2. The average molecular weight is 537 g/mol. The Balaban J connectivity index is 1.87. The van der Waals surface area contributed by atoms with Crippen LogP contribution in [0.1, 0.15) is 94.9 Å². The third kappa shape index (κ3) is 11.3. The standard InChI is InChI=1S/C40H56/c1-31(19-13-21-33(3)25-27-37-35(5)23-15-29-39(37,7)8)17-11-12-18-32(2)20-14-22-34(4)26-28-38-36(6)24-16-30-40(38,9)10/h11-14,17-28,37-38H,15-16,29-30H2,1-10H3/b12-11+,19-13+,20-14?,27-25+,28-26?,31-17+,32-18?,33-21+,34-22?. The van der Waals surface area contributed by atoms with Gasteiger partial charge in [0.05, 0.1) is 0 Å². The summed E-state index contributed by atoms with van der Waals surface area (Å²) in [5.74, 6) is 1.06. The molecule has 2 aliphatic carbocycles. The smallest absolute Gasteiger partial charge is 0.00285 e. The van der Waals surface area contributed by atoms with Gasteiger partial charge >= 0.3 is 0 Å². The summed E-state index contributed by atoms with van der Waals surface area (Å²) in [5.41, 5.74) is 8.72. The first-order chi connectivity index (χ1) is 18.8. The van der Waals surface area contributed by atoms with Crippen molar-refractivity contribution >= 4 is 0 Å². The van der Waals surface area contributed by atoms with Gasteiger partial charge in [-0.1, -0.05) is 158 Å². The Morgan fingerprint density at radius 2 is 0.875 bits per heavy atom. The molecule has 0 aromatic heterocycles. The molecule has 0 N–H and O–H groups in total. The van der Waals surface area contributed by atoms with Crippen LogP contribution in [0.3, 0.4) is 0 Å². The van der Waals surface area contributed by atoms with Crippen molar-refractivity contribution in [2.75, 3.05) is 0 Å². The number of allylic oxidation sites excluding steroid dienone is 22. The van der Waals surface area contributed by atoms with Crippen LogP contribution in [0.4, 0.5) is 0 Å². The van der Waals surface area contributed by atoms with Gasteiger partial charge in [0.25, 0.3) is 0 Å². The van der Waals surface area contributed by atoms with Crippen LogP contribution in [0, 0.1) is 22.7 Å². The fourth-order valence-electron chi connectivity index (χ4n) is 5.80.